The van der Waals surface area contributed by atoms with Crippen LogP contribution < -0.4 is 11.5 Å². The van der Waals surface area contributed by atoms with Crippen LogP contribution in [0.25, 0.3) is 21.9 Å². The first-order valence-corrected chi connectivity index (χ1v) is 12.8. The van der Waals surface area contributed by atoms with Gasteiger partial charge in [-0.15, -0.1) is 0 Å². The smallest absolute Gasteiger partial charge is 0.163 e. The van der Waals surface area contributed by atoms with Gasteiger partial charge in [0.15, 0.2) is 5.79 Å². The molecule has 4 N–H and O–H groups in total. The molecule has 1 aliphatic heterocycles. The van der Waals surface area contributed by atoms with Crippen LogP contribution in [-0.4, -0.2) is 37.5 Å². The Hall–Kier alpha value is -3.01. The lowest BCUT2D eigenvalue weighted by Gasteiger charge is -2.37. The minimum absolute atomic E-state index is 0.0476. The van der Waals surface area contributed by atoms with Crippen LogP contribution >= 0.6 is 11.6 Å². The van der Waals surface area contributed by atoms with Gasteiger partial charge in [0, 0.05) is 17.0 Å². The Bertz CT molecular complexity index is 1540. The summed E-state index contributed by atoms with van der Waals surface area (Å²) in [6.45, 7) is 8.29. The molecular formula is C27H30ClFN6O2. The molecule has 2 fully saturated rings. The van der Waals surface area contributed by atoms with Crippen LogP contribution in [0.4, 0.5) is 16.0 Å². The van der Waals surface area contributed by atoms with Gasteiger partial charge in [0.1, 0.15) is 35.5 Å². The maximum Gasteiger partial charge on any atom is 0.163 e. The number of nitrogens with two attached hydrogens (primary N) is 2. The van der Waals surface area contributed by atoms with Crippen LogP contribution in [0.3, 0.4) is 0 Å². The fourth-order valence-corrected chi connectivity index (χ4v) is 6.46. The predicted molar refractivity (Wildman–Crippen MR) is 142 cm³/mol. The Morgan fingerprint density at radius 1 is 1.11 bits per heavy atom. The van der Waals surface area contributed by atoms with E-state index in [0.717, 1.165) is 11.0 Å². The van der Waals surface area contributed by atoms with Crippen molar-refractivity contribution in [2.75, 3.05) is 11.5 Å². The number of aryl methyl sites for hydroxylation is 1. The van der Waals surface area contributed by atoms with E-state index in [1.165, 1.54) is 12.4 Å². The summed E-state index contributed by atoms with van der Waals surface area (Å²) in [4.78, 5) is 13.0. The fourth-order valence-electron chi connectivity index (χ4n) is 6.30. The summed E-state index contributed by atoms with van der Waals surface area (Å²) in [5.41, 5.74) is 13.7. The number of nitrogen functional groups attached to an aromatic ring is 2. The van der Waals surface area contributed by atoms with E-state index < -0.39 is 5.79 Å². The van der Waals surface area contributed by atoms with E-state index in [0.29, 0.717) is 40.1 Å². The Morgan fingerprint density at radius 2 is 1.89 bits per heavy atom. The molecule has 1 aliphatic carbocycles. The Kier molecular flexibility index (Phi) is 5.42. The summed E-state index contributed by atoms with van der Waals surface area (Å²) in [5, 5.41) is 1.74. The van der Waals surface area contributed by atoms with Gasteiger partial charge < -0.3 is 25.5 Å². The van der Waals surface area contributed by atoms with Crippen molar-refractivity contribution in [3.05, 3.63) is 53.2 Å². The third-order valence-corrected chi connectivity index (χ3v) is 8.73. The van der Waals surface area contributed by atoms with Gasteiger partial charge in [0.05, 0.1) is 28.1 Å². The highest BCUT2D eigenvalue weighted by molar-refractivity contribution is 6.33. The molecule has 0 radical (unpaired) electrons. The topological polar surface area (TPSA) is 114 Å². The van der Waals surface area contributed by atoms with E-state index in [1.807, 2.05) is 26.1 Å². The second-order valence-corrected chi connectivity index (χ2v) is 11.4. The SMILES string of the molecule is C[C@@H]1[C@@H](n2ccc3c(N)ncnc32)[C@@H]2OC(C)(C)O[C@@H]2C1(C)CCc1cc2nc(N)c(Cl)cc2cc1F. The van der Waals surface area contributed by atoms with Crippen molar-refractivity contribution in [2.45, 2.75) is 64.6 Å². The molecule has 1 saturated heterocycles. The molecule has 8 nitrogen and oxygen atoms in total. The van der Waals surface area contributed by atoms with Crippen LogP contribution in [-0.2, 0) is 15.9 Å². The number of nitrogens with zero attached hydrogens (tertiary/aromatic N) is 4. The summed E-state index contributed by atoms with van der Waals surface area (Å²) in [7, 11) is 0. The van der Waals surface area contributed by atoms with Crippen LogP contribution in [0.2, 0.25) is 5.02 Å². The summed E-state index contributed by atoms with van der Waals surface area (Å²) >= 11 is 6.08. The number of pyridine rings is 1. The largest absolute Gasteiger partial charge is 0.383 e. The fraction of sp³-hybridized carbons (Fsp3) is 0.444. The molecule has 0 amide bonds. The average molecular weight is 525 g/mol. The van der Waals surface area contributed by atoms with Crippen LogP contribution in [0.5, 0.6) is 0 Å². The number of fused-ring (bicyclic) bond motifs is 3. The lowest BCUT2D eigenvalue weighted by atomic mass is 9.74. The molecule has 4 aromatic rings. The van der Waals surface area contributed by atoms with Crippen LogP contribution in [0, 0.1) is 17.2 Å². The predicted octanol–water partition coefficient (Wildman–Crippen LogP) is 5.29. The molecule has 0 spiro atoms. The quantitative estimate of drug-likeness (QED) is 0.373. The zero-order valence-electron chi connectivity index (χ0n) is 21.2. The molecule has 1 aromatic carbocycles. The molecule has 10 heteroatoms. The van der Waals surface area contributed by atoms with Gasteiger partial charge >= 0.3 is 0 Å². The minimum Gasteiger partial charge on any atom is -0.383 e. The Morgan fingerprint density at radius 3 is 2.68 bits per heavy atom. The van der Waals surface area contributed by atoms with E-state index in [9.17, 15) is 0 Å². The van der Waals surface area contributed by atoms with Crippen molar-refractivity contribution in [1.82, 2.24) is 19.5 Å². The van der Waals surface area contributed by atoms with Gasteiger partial charge in [-0.3, -0.25) is 0 Å². The van der Waals surface area contributed by atoms with Gasteiger partial charge in [-0.05, 0) is 62.4 Å². The number of anilines is 2. The zero-order valence-corrected chi connectivity index (χ0v) is 22.0. The van der Waals surface area contributed by atoms with Crippen molar-refractivity contribution < 1.29 is 13.9 Å². The maximum absolute atomic E-state index is 15.2. The molecular weight excluding hydrogens is 495 g/mol. The molecule has 6 rings (SSSR count). The van der Waals surface area contributed by atoms with Crippen molar-refractivity contribution >= 4 is 45.2 Å². The number of ether oxygens (including phenoxy) is 2. The highest BCUT2D eigenvalue weighted by Gasteiger charge is 2.63. The summed E-state index contributed by atoms with van der Waals surface area (Å²) in [6, 6.07) is 6.78. The number of rotatable bonds is 4. The van der Waals surface area contributed by atoms with E-state index in [2.05, 4.69) is 33.4 Å². The lowest BCUT2D eigenvalue weighted by Crippen LogP contribution is -2.37. The van der Waals surface area contributed by atoms with Crippen LogP contribution in [0.15, 0.2) is 36.8 Å². The molecule has 3 aromatic heterocycles. The third kappa shape index (κ3) is 3.74. The van der Waals surface area contributed by atoms with Crippen molar-refractivity contribution in [3.8, 4) is 0 Å². The highest BCUT2D eigenvalue weighted by Crippen LogP contribution is 2.58. The number of benzene rings is 1. The standard InChI is InChI=1S/C27H30ClFN6O2/c1-13-20(35-8-6-16-23(30)32-12-33-25(16)35)21-22(37-26(2,3)36-21)27(13,4)7-5-14-11-19-15(10-18(14)29)9-17(28)24(31)34-19/h6,8-13,20-22H,5,7H2,1-4H3,(H2,31,34)(H2,30,32,33)/t13-,20-,21+,22+,27?/m1/s1. The van der Waals surface area contributed by atoms with Gasteiger partial charge in [0.2, 0.25) is 0 Å². The van der Waals surface area contributed by atoms with Crippen molar-refractivity contribution in [3.63, 3.8) is 0 Å². The number of hydrogen-bond donors (Lipinski definition) is 2. The van der Waals surface area contributed by atoms with Crippen molar-refractivity contribution in [2.24, 2.45) is 11.3 Å². The normalized spacial score (nSPS) is 28.8. The third-order valence-electron chi connectivity index (χ3n) is 8.43. The summed E-state index contributed by atoms with van der Waals surface area (Å²) in [6.07, 6.45) is 4.29. The molecule has 4 heterocycles. The second-order valence-electron chi connectivity index (χ2n) is 11.0. The molecule has 2 aliphatic rings. The van der Waals surface area contributed by atoms with E-state index in [1.54, 1.807) is 12.1 Å². The molecule has 1 saturated carbocycles. The molecule has 0 bridgehead atoms. The lowest BCUT2D eigenvalue weighted by molar-refractivity contribution is -0.175. The van der Waals surface area contributed by atoms with E-state index in [-0.39, 0.29) is 41.2 Å². The number of halogens is 2. The van der Waals surface area contributed by atoms with E-state index >= 15 is 4.39 Å². The first-order chi connectivity index (χ1) is 17.5. The molecule has 5 atom stereocenters. The average Bonchev–Trinajstić information content (AvgIpc) is 3.45. The maximum atomic E-state index is 15.2. The van der Waals surface area contributed by atoms with Crippen LogP contribution in [0.1, 0.15) is 45.7 Å². The zero-order chi connectivity index (χ0) is 26.3. The summed E-state index contributed by atoms with van der Waals surface area (Å²) in [5.74, 6) is -0.219. The monoisotopic (exact) mass is 524 g/mol. The van der Waals surface area contributed by atoms with Gasteiger partial charge in [-0.25, -0.2) is 19.3 Å². The first kappa shape index (κ1) is 24.3. The second kappa shape index (κ2) is 8.24. The van der Waals surface area contributed by atoms with Gasteiger partial charge in [-0.2, -0.15) is 0 Å². The van der Waals surface area contributed by atoms with Gasteiger partial charge in [0.25, 0.3) is 0 Å². The number of aromatic nitrogens is 4. The molecule has 194 valence electrons. The highest BCUT2D eigenvalue weighted by atomic mass is 35.5. The molecule has 1 unspecified atom stereocenters. The van der Waals surface area contributed by atoms with Gasteiger partial charge in [-0.1, -0.05) is 25.4 Å². The van der Waals surface area contributed by atoms with E-state index in [4.69, 9.17) is 32.5 Å². The Labute approximate surface area is 219 Å². The number of hydrogen-bond acceptors (Lipinski definition) is 7. The summed E-state index contributed by atoms with van der Waals surface area (Å²) < 4.78 is 30.3. The Balaban J connectivity index is 1.36. The first-order valence-electron chi connectivity index (χ1n) is 12.5. The van der Waals surface area contributed by atoms with Crippen molar-refractivity contribution in [1.29, 1.82) is 0 Å². The minimum atomic E-state index is -0.735. The molecule has 37 heavy (non-hydrogen) atoms.